The molecule has 0 saturated carbocycles. The predicted molar refractivity (Wildman–Crippen MR) is 101 cm³/mol. The van der Waals surface area contributed by atoms with E-state index in [1.165, 1.54) is 5.56 Å². The van der Waals surface area contributed by atoms with E-state index < -0.39 is 0 Å². The van der Waals surface area contributed by atoms with Crippen molar-refractivity contribution in [2.75, 3.05) is 12.3 Å². The smallest absolute Gasteiger partial charge is 0.306 e. The number of benzene rings is 2. The second-order valence-electron chi connectivity index (χ2n) is 6.79. The molecular formula is C21H22N3O3+. The third kappa shape index (κ3) is 3.08. The number of aromatic nitrogens is 2. The Morgan fingerprint density at radius 1 is 1.19 bits per heavy atom. The number of phenols is 1. The van der Waals surface area contributed by atoms with Crippen LogP contribution in [0.25, 0.3) is 0 Å². The zero-order valence-corrected chi connectivity index (χ0v) is 15.1. The number of rotatable bonds is 4. The minimum atomic E-state index is -0.154. The summed E-state index contributed by atoms with van der Waals surface area (Å²) in [5.41, 5.74) is 10.5. The van der Waals surface area contributed by atoms with Crippen LogP contribution in [0.4, 0.5) is 5.82 Å². The third-order valence-electron chi connectivity index (χ3n) is 4.90. The fourth-order valence-electron chi connectivity index (χ4n) is 3.50. The van der Waals surface area contributed by atoms with E-state index in [9.17, 15) is 5.11 Å². The Kier molecular flexibility index (Phi) is 4.41. The fraction of sp³-hybridized carbons (Fsp3) is 0.238. The number of hydrogen-bond donors (Lipinski definition) is 3. The van der Waals surface area contributed by atoms with Crippen LogP contribution in [0.1, 0.15) is 34.6 Å². The zero-order chi connectivity index (χ0) is 19.0. The highest BCUT2D eigenvalue weighted by Crippen LogP contribution is 2.48. The molecule has 1 aromatic heterocycles. The summed E-state index contributed by atoms with van der Waals surface area (Å²) in [7, 11) is 0. The molecule has 1 atom stereocenters. The minimum absolute atomic E-state index is 0.0868. The number of aryl methyl sites for hydroxylation is 2. The number of phenolic OH excluding ortho intramolecular Hbond substituents is 1. The van der Waals surface area contributed by atoms with Crippen molar-refractivity contribution in [3.8, 4) is 17.4 Å². The molecule has 4 N–H and O–H groups in total. The lowest BCUT2D eigenvalue weighted by atomic mass is 9.83. The van der Waals surface area contributed by atoms with Crippen molar-refractivity contribution in [3.05, 3.63) is 71.0 Å². The maximum atomic E-state index is 9.87. The van der Waals surface area contributed by atoms with Gasteiger partial charge in [0.25, 0.3) is 0 Å². The van der Waals surface area contributed by atoms with E-state index in [-0.39, 0.29) is 18.3 Å². The van der Waals surface area contributed by atoms with E-state index in [2.05, 4.69) is 29.2 Å². The number of hydrogen-bond acceptors (Lipinski definition) is 5. The first-order valence-corrected chi connectivity index (χ1v) is 8.94. The minimum Gasteiger partial charge on any atom is -0.508 e. The van der Waals surface area contributed by atoms with Crippen LogP contribution in [0.2, 0.25) is 0 Å². The molecule has 0 unspecified atom stereocenters. The molecule has 3 aromatic rings. The Labute approximate surface area is 157 Å². The van der Waals surface area contributed by atoms with E-state index in [4.69, 9.17) is 15.6 Å². The van der Waals surface area contributed by atoms with E-state index >= 15 is 0 Å². The van der Waals surface area contributed by atoms with Crippen molar-refractivity contribution in [3.63, 3.8) is 0 Å². The highest BCUT2D eigenvalue weighted by atomic mass is 16.5. The summed E-state index contributed by atoms with van der Waals surface area (Å²) >= 11 is 0. The Bertz CT molecular complexity index is 987. The second-order valence-corrected chi connectivity index (χ2v) is 6.79. The van der Waals surface area contributed by atoms with Crippen molar-refractivity contribution < 1.29 is 19.5 Å². The molecule has 1 aliphatic rings. The predicted octanol–water partition coefficient (Wildman–Crippen LogP) is 2.63. The van der Waals surface area contributed by atoms with E-state index in [0.29, 0.717) is 30.4 Å². The maximum absolute atomic E-state index is 9.87. The highest BCUT2D eigenvalue weighted by molar-refractivity contribution is 5.62. The van der Waals surface area contributed by atoms with Crippen molar-refractivity contribution in [2.24, 2.45) is 0 Å². The average molecular weight is 364 g/mol. The number of fused-ring (bicyclic) bond motifs is 2. The Balaban J connectivity index is 1.92. The van der Waals surface area contributed by atoms with Crippen molar-refractivity contribution >= 4 is 5.82 Å². The van der Waals surface area contributed by atoms with Gasteiger partial charge in [-0.2, -0.15) is 0 Å². The Morgan fingerprint density at radius 2 is 1.96 bits per heavy atom. The van der Waals surface area contributed by atoms with Crippen LogP contribution in [-0.4, -0.2) is 21.8 Å². The molecule has 0 bridgehead atoms. The molecule has 2 heterocycles. The van der Waals surface area contributed by atoms with Crippen molar-refractivity contribution in [1.82, 2.24) is 4.98 Å². The molecule has 0 spiro atoms. The molecule has 6 heteroatoms. The van der Waals surface area contributed by atoms with Gasteiger partial charge in [-0.3, -0.25) is 0 Å². The first-order valence-electron chi connectivity index (χ1n) is 8.94. The number of nitrogens with two attached hydrogens (primary N) is 1. The molecule has 0 fully saturated rings. The molecule has 138 valence electrons. The van der Waals surface area contributed by atoms with Crippen LogP contribution in [0.5, 0.6) is 17.4 Å². The summed E-state index contributed by atoms with van der Waals surface area (Å²) < 4.78 is 7.80. The molecule has 0 aliphatic carbocycles. The van der Waals surface area contributed by atoms with Gasteiger partial charge in [0.2, 0.25) is 12.1 Å². The van der Waals surface area contributed by atoms with Crippen LogP contribution in [0.3, 0.4) is 0 Å². The number of aliphatic hydroxyl groups is 1. The van der Waals surface area contributed by atoms with Gasteiger partial charge in [0.05, 0.1) is 12.5 Å². The summed E-state index contributed by atoms with van der Waals surface area (Å²) in [5.74, 6) is 1.57. The Hall–Kier alpha value is -3.12. The Morgan fingerprint density at radius 3 is 2.70 bits per heavy atom. The molecule has 4 rings (SSSR count). The van der Waals surface area contributed by atoms with E-state index in [0.717, 1.165) is 16.7 Å². The van der Waals surface area contributed by atoms with Gasteiger partial charge in [-0.25, -0.2) is 4.57 Å². The van der Waals surface area contributed by atoms with E-state index in [1.807, 2.05) is 17.6 Å². The van der Waals surface area contributed by atoms with Gasteiger partial charge in [0, 0.05) is 24.7 Å². The summed E-state index contributed by atoms with van der Waals surface area (Å²) in [6.45, 7) is 2.71. The largest absolute Gasteiger partial charge is 0.508 e. The molecule has 2 aromatic carbocycles. The number of anilines is 1. The van der Waals surface area contributed by atoms with Crippen LogP contribution >= 0.6 is 0 Å². The van der Waals surface area contributed by atoms with Crippen LogP contribution in [-0.2, 0) is 6.54 Å². The van der Waals surface area contributed by atoms with Gasteiger partial charge in [-0.15, -0.1) is 0 Å². The third-order valence-corrected chi connectivity index (χ3v) is 4.90. The number of ether oxygens (including phenoxy) is 1. The fourth-order valence-corrected chi connectivity index (χ4v) is 3.50. The topological polar surface area (TPSA) is 92.5 Å². The zero-order valence-electron chi connectivity index (χ0n) is 15.1. The molecular weight excluding hydrogens is 342 g/mol. The van der Waals surface area contributed by atoms with Crippen LogP contribution in [0, 0.1) is 6.92 Å². The molecule has 0 saturated heterocycles. The van der Waals surface area contributed by atoms with Gasteiger partial charge in [0.15, 0.2) is 0 Å². The summed E-state index contributed by atoms with van der Waals surface area (Å²) in [6, 6.07) is 13.4. The number of nitrogens with zero attached hydrogens (tertiary/aromatic N) is 2. The molecule has 1 aliphatic heterocycles. The summed E-state index contributed by atoms with van der Waals surface area (Å²) in [6.07, 6.45) is 2.22. The number of nitrogen functional groups attached to an aromatic ring is 1. The van der Waals surface area contributed by atoms with Crippen molar-refractivity contribution in [2.45, 2.75) is 25.8 Å². The SMILES string of the molecule is Cc1ccc([C@@H]2c3ccc(O)cc3Oc3nc[n+](CCCO)c(N)c32)cc1. The van der Waals surface area contributed by atoms with Gasteiger partial charge >= 0.3 is 5.88 Å². The lowest BCUT2D eigenvalue weighted by Gasteiger charge is -2.27. The second kappa shape index (κ2) is 6.89. The average Bonchev–Trinajstić information content (AvgIpc) is 2.66. The first-order chi connectivity index (χ1) is 13.1. The number of aromatic hydroxyl groups is 1. The molecule has 27 heavy (non-hydrogen) atoms. The van der Waals surface area contributed by atoms with Gasteiger partial charge in [-0.1, -0.05) is 40.9 Å². The standard InChI is InChI=1S/C21H21N3O3/c1-13-3-5-14(6-4-13)18-16-8-7-15(26)11-17(16)27-21-19(18)20(22)24(12-23-21)9-2-10-25/h3-8,11-12,18,22,25-26H,2,9-10H2,1H3/p+1/t18-/m1/s1. The van der Waals surface area contributed by atoms with Crippen molar-refractivity contribution in [1.29, 1.82) is 0 Å². The number of aliphatic hydroxyl groups excluding tert-OH is 1. The maximum Gasteiger partial charge on any atom is 0.306 e. The lowest BCUT2D eigenvalue weighted by molar-refractivity contribution is -0.686. The first kappa shape index (κ1) is 17.3. The summed E-state index contributed by atoms with van der Waals surface area (Å²) in [4.78, 5) is 4.45. The highest BCUT2D eigenvalue weighted by Gasteiger charge is 2.36. The molecule has 6 nitrogen and oxygen atoms in total. The molecule has 0 amide bonds. The van der Waals surface area contributed by atoms with Gasteiger partial charge in [0.1, 0.15) is 17.1 Å². The monoisotopic (exact) mass is 364 g/mol. The quantitative estimate of drug-likeness (QED) is 0.484. The van der Waals surface area contributed by atoms with Gasteiger partial charge < -0.3 is 20.7 Å². The normalized spacial score (nSPS) is 15.0. The lowest BCUT2D eigenvalue weighted by Crippen LogP contribution is -2.40. The van der Waals surface area contributed by atoms with E-state index in [1.54, 1.807) is 18.5 Å². The van der Waals surface area contributed by atoms with Crippen LogP contribution < -0.4 is 15.0 Å². The van der Waals surface area contributed by atoms with Gasteiger partial charge in [-0.05, 0) is 18.6 Å². The van der Waals surface area contributed by atoms with Crippen LogP contribution in [0.15, 0.2) is 48.8 Å². The molecule has 0 radical (unpaired) electrons. The summed E-state index contributed by atoms with van der Waals surface area (Å²) in [5, 5.41) is 19.0.